The first-order valence-corrected chi connectivity index (χ1v) is 5.71. The van der Waals surface area contributed by atoms with E-state index >= 15 is 0 Å². The van der Waals surface area contributed by atoms with E-state index in [2.05, 4.69) is 15.9 Å². The molecule has 0 radical (unpaired) electrons. The molecule has 0 heterocycles. The summed E-state index contributed by atoms with van der Waals surface area (Å²) in [5.41, 5.74) is -1.66. The zero-order chi connectivity index (χ0) is 11.7. The second-order valence-corrected chi connectivity index (χ2v) is 5.36. The number of rotatable bonds is 0. The Kier molecular flexibility index (Phi) is 1.87. The van der Waals surface area contributed by atoms with Crippen LogP contribution in [0.15, 0.2) is 16.6 Å². The second-order valence-electron chi connectivity index (χ2n) is 4.44. The molecule has 1 aromatic carbocycles. The van der Waals surface area contributed by atoms with Crippen LogP contribution in [0.25, 0.3) is 0 Å². The predicted octanol–water partition coefficient (Wildman–Crippen LogP) is 3.24. The van der Waals surface area contributed by atoms with E-state index in [-0.39, 0.29) is 11.1 Å². The summed E-state index contributed by atoms with van der Waals surface area (Å²) in [6.07, 6.45) is -2.57. The number of hydrogen-bond donors (Lipinski definition) is 1. The van der Waals surface area contributed by atoms with Gasteiger partial charge in [-0.2, -0.15) is 0 Å². The van der Waals surface area contributed by atoms with Crippen LogP contribution in [0.5, 0.6) is 0 Å². The van der Waals surface area contributed by atoms with Crippen LogP contribution in [-0.4, -0.2) is 11.0 Å². The number of alkyl halides is 3. The van der Waals surface area contributed by atoms with Crippen molar-refractivity contribution in [2.24, 2.45) is 0 Å². The smallest absolute Gasteiger partial charge is 0.284 e. The lowest BCUT2D eigenvalue weighted by molar-refractivity contribution is -0.178. The topological polar surface area (TPSA) is 20.2 Å². The van der Waals surface area contributed by atoms with Gasteiger partial charge in [0.05, 0.1) is 0 Å². The molecule has 86 valence electrons. The lowest BCUT2D eigenvalue weighted by Crippen LogP contribution is -2.40. The number of halogens is 4. The fraction of sp³-hybridized carbons (Fsp3) is 0.455. The van der Waals surface area contributed by atoms with Crippen molar-refractivity contribution in [3.63, 3.8) is 0 Å². The van der Waals surface area contributed by atoms with E-state index in [9.17, 15) is 18.3 Å². The molecule has 0 saturated heterocycles. The normalized spacial score (nSPS) is 34.2. The number of hydrogen-bond acceptors (Lipinski definition) is 1. The van der Waals surface area contributed by atoms with Gasteiger partial charge in [-0.05, 0) is 28.8 Å². The maximum absolute atomic E-state index is 13.7. The zero-order valence-electron chi connectivity index (χ0n) is 8.11. The molecule has 2 aliphatic rings. The molecular weight excluding hydrogens is 285 g/mol. The largest absolute Gasteiger partial charge is 0.379 e. The fourth-order valence-electron chi connectivity index (χ4n) is 2.77. The van der Waals surface area contributed by atoms with Crippen LogP contribution >= 0.6 is 15.9 Å². The molecule has 0 spiro atoms. The Hall–Kier alpha value is -0.550. The van der Waals surface area contributed by atoms with E-state index in [1.54, 1.807) is 0 Å². The highest BCUT2D eigenvalue weighted by molar-refractivity contribution is 9.10. The Labute approximate surface area is 98.4 Å². The highest BCUT2D eigenvalue weighted by Crippen LogP contribution is 2.59. The summed E-state index contributed by atoms with van der Waals surface area (Å²) in [5.74, 6) is -3.27. The molecule has 1 N–H and O–H groups in total. The maximum Gasteiger partial charge on any atom is 0.284 e. The average molecular weight is 293 g/mol. The van der Waals surface area contributed by atoms with Crippen molar-refractivity contribution in [1.29, 1.82) is 0 Å². The van der Waals surface area contributed by atoms with Gasteiger partial charge in [0.15, 0.2) is 5.60 Å². The van der Waals surface area contributed by atoms with Crippen LogP contribution in [-0.2, 0) is 12.0 Å². The first kappa shape index (κ1) is 10.6. The first-order valence-electron chi connectivity index (χ1n) is 4.92. The molecule has 3 rings (SSSR count). The Morgan fingerprint density at radius 2 is 2.06 bits per heavy atom. The fourth-order valence-corrected chi connectivity index (χ4v) is 3.29. The standard InChI is InChI=1S/C11H8BrF3O/c12-6-1-5-3-11(14,15)10(16)4-8(13)7(2-6)9(5)10/h1-2,8,16H,3-4H2/t8-,10+/m1/s1. The molecule has 0 aliphatic heterocycles. The van der Waals surface area contributed by atoms with E-state index in [0.717, 1.165) is 0 Å². The van der Waals surface area contributed by atoms with Crippen molar-refractivity contribution in [1.82, 2.24) is 0 Å². The van der Waals surface area contributed by atoms with Crippen molar-refractivity contribution in [3.05, 3.63) is 33.3 Å². The summed E-state index contributed by atoms with van der Waals surface area (Å²) >= 11 is 3.16. The summed E-state index contributed by atoms with van der Waals surface area (Å²) in [6, 6.07) is 3.01. The third-order valence-electron chi connectivity index (χ3n) is 3.46. The molecule has 0 saturated carbocycles. The minimum Gasteiger partial charge on any atom is -0.379 e. The Morgan fingerprint density at radius 1 is 1.38 bits per heavy atom. The molecule has 0 amide bonds. The molecule has 0 unspecified atom stereocenters. The van der Waals surface area contributed by atoms with Gasteiger partial charge in [-0.25, -0.2) is 13.2 Å². The SMILES string of the molecule is O[C@@]12C[C@@H](F)c3cc(Br)cc(c31)CC2(F)F. The van der Waals surface area contributed by atoms with Gasteiger partial charge >= 0.3 is 0 Å². The van der Waals surface area contributed by atoms with Crippen LogP contribution in [0.4, 0.5) is 13.2 Å². The van der Waals surface area contributed by atoms with Crippen LogP contribution < -0.4 is 0 Å². The Bertz CT molecular complexity index is 488. The molecule has 0 bridgehead atoms. The maximum atomic E-state index is 13.7. The highest BCUT2D eigenvalue weighted by Gasteiger charge is 2.64. The second kappa shape index (κ2) is 2.82. The minimum absolute atomic E-state index is 0.105. The van der Waals surface area contributed by atoms with Crippen LogP contribution in [0, 0.1) is 0 Å². The molecule has 1 aromatic rings. The Morgan fingerprint density at radius 3 is 2.75 bits per heavy atom. The Balaban J connectivity index is 2.33. The highest BCUT2D eigenvalue weighted by atomic mass is 79.9. The van der Waals surface area contributed by atoms with Crippen molar-refractivity contribution in [2.75, 3.05) is 0 Å². The molecular formula is C11H8BrF3O. The summed E-state index contributed by atoms with van der Waals surface area (Å²) in [6.45, 7) is 0. The van der Waals surface area contributed by atoms with Gasteiger partial charge in [-0.1, -0.05) is 15.9 Å². The molecule has 2 atom stereocenters. The number of aliphatic hydroxyl groups is 1. The predicted molar refractivity (Wildman–Crippen MR) is 55.2 cm³/mol. The van der Waals surface area contributed by atoms with Crippen LogP contribution in [0.1, 0.15) is 29.3 Å². The van der Waals surface area contributed by atoms with Crippen molar-refractivity contribution in [3.8, 4) is 0 Å². The van der Waals surface area contributed by atoms with E-state index in [1.165, 1.54) is 12.1 Å². The monoisotopic (exact) mass is 292 g/mol. The summed E-state index contributed by atoms with van der Waals surface area (Å²) in [7, 11) is 0. The molecule has 16 heavy (non-hydrogen) atoms. The van der Waals surface area contributed by atoms with E-state index in [4.69, 9.17) is 0 Å². The van der Waals surface area contributed by atoms with Gasteiger partial charge < -0.3 is 5.11 Å². The number of benzene rings is 1. The van der Waals surface area contributed by atoms with Gasteiger partial charge in [0.2, 0.25) is 0 Å². The molecule has 1 nitrogen and oxygen atoms in total. The molecule has 5 heteroatoms. The molecule has 0 fully saturated rings. The minimum atomic E-state index is -3.27. The van der Waals surface area contributed by atoms with Gasteiger partial charge in [0.25, 0.3) is 5.92 Å². The van der Waals surface area contributed by atoms with Gasteiger partial charge in [-0.15, -0.1) is 0 Å². The first-order chi connectivity index (χ1) is 7.35. The molecule has 2 aliphatic carbocycles. The molecule has 0 aromatic heterocycles. The van der Waals surface area contributed by atoms with Crippen LogP contribution in [0.3, 0.4) is 0 Å². The lowest BCUT2D eigenvalue weighted by atomic mass is 9.95. The van der Waals surface area contributed by atoms with Gasteiger partial charge in [-0.3, -0.25) is 0 Å². The van der Waals surface area contributed by atoms with E-state index < -0.39 is 30.5 Å². The lowest BCUT2D eigenvalue weighted by Gasteiger charge is -2.26. The summed E-state index contributed by atoms with van der Waals surface area (Å²) < 4.78 is 41.6. The quantitative estimate of drug-likeness (QED) is 0.778. The van der Waals surface area contributed by atoms with Crippen LogP contribution in [0.2, 0.25) is 0 Å². The summed E-state index contributed by atoms with van der Waals surface area (Å²) in [4.78, 5) is 0. The van der Waals surface area contributed by atoms with Crippen molar-refractivity contribution >= 4 is 15.9 Å². The van der Waals surface area contributed by atoms with Crippen molar-refractivity contribution < 1.29 is 18.3 Å². The zero-order valence-corrected chi connectivity index (χ0v) is 9.69. The third-order valence-corrected chi connectivity index (χ3v) is 3.92. The average Bonchev–Trinajstić information content (AvgIpc) is 2.48. The third kappa shape index (κ3) is 1.06. The van der Waals surface area contributed by atoms with E-state index in [0.29, 0.717) is 10.0 Å². The van der Waals surface area contributed by atoms with Crippen molar-refractivity contribution in [2.45, 2.75) is 30.5 Å². The van der Waals surface area contributed by atoms with Gasteiger partial charge in [0.1, 0.15) is 6.17 Å². The van der Waals surface area contributed by atoms with E-state index in [1.807, 2.05) is 0 Å². The van der Waals surface area contributed by atoms with Gasteiger partial charge in [0, 0.05) is 17.3 Å². The summed E-state index contributed by atoms with van der Waals surface area (Å²) in [5, 5.41) is 9.99.